The minimum Gasteiger partial charge on any atom is -0.467 e. The second kappa shape index (κ2) is 3.74. The van der Waals surface area contributed by atoms with E-state index in [9.17, 15) is 0 Å². The summed E-state index contributed by atoms with van der Waals surface area (Å²) in [5.41, 5.74) is 1.15. The monoisotopic (exact) mass is 319 g/mol. The number of rotatable bonds is 1. The zero-order valence-electron chi connectivity index (χ0n) is 8.05. The van der Waals surface area contributed by atoms with Crippen molar-refractivity contribution in [1.82, 2.24) is 0 Å². The molecule has 0 spiro atoms. The van der Waals surface area contributed by atoms with Gasteiger partial charge in [0.1, 0.15) is 0 Å². The van der Waals surface area contributed by atoms with E-state index in [1.807, 2.05) is 6.07 Å². The first kappa shape index (κ1) is 10.3. The Morgan fingerprint density at radius 3 is 2.79 bits per heavy atom. The largest absolute Gasteiger partial charge is 0.467 e. The first-order valence-corrected chi connectivity index (χ1v) is 6.14. The van der Waals surface area contributed by atoms with E-state index in [4.69, 9.17) is 4.74 Å². The van der Waals surface area contributed by atoms with Crippen LogP contribution in [0, 0.1) is 0 Å². The highest BCUT2D eigenvalue weighted by Gasteiger charge is 2.28. The van der Waals surface area contributed by atoms with Gasteiger partial charge in [0.25, 0.3) is 0 Å². The van der Waals surface area contributed by atoms with E-state index in [0.717, 1.165) is 26.9 Å². The van der Waals surface area contributed by atoms with Gasteiger partial charge in [-0.1, -0.05) is 15.9 Å². The average molecular weight is 321 g/mol. The number of hydrogen-bond donors (Lipinski definition) is 0. The minimum atomic E-state index is 0.126. The van der Waals surface area contributed by atoms with Crippen LogP contribution in [0.15, 0.2) is 21.1 Å². The molecule has 0 fully saturated rings. The fourth-order valence-electron chi connectivity index (χ4n) is 1.73. The summed E-state index contributed by atoms with van der Waals surface area (Å²) in [4.78, 5) is 2.23. The van der Waals surface area contributed by atoms with Crippen molar-refractivity contribution in [3.8, 4) is 5.75 Å². The Hall–Kier alpha value is -0.220. The minimum absolute atomic E-state index is 0.126. The van der Waals surface area contributed by atoms with Gasteiger partial charge in [-0.25, -0.2) is 0 Å². The molecule has 1 heterocycles. The van der Waals surface area contributed by atoms with Gasteiger partial charge in [-0.3, -0.25) is 0 Å². The van der Waals surface area contributed by atoms with Crippen molar-refractivity contribution >= 4 is 37.5 Å². The predicted molar refractivity (Wildman–Crippen MR) is 65.0 cm³/mol. The van der Waals surface area contributed by atoms with Crippen LogP contribution in [0.25, 0.3) is 0 Å². The maximum absolute atomic E-state index is 5.75. The highest BCUT2D eigenvalue weighted by atomic mass is 79.9. The number of benzene rings is 1. The van der Waals surface area contributed by atoms with Crippen LogP contribution in [0.2, 0.25) is 0 Å². The van der Waals surface area contributed by atoms with Gasteiger partial charge in [0, 0.05) is 11.0 Å². The predicted octanol–water partition coefficient (Wildman–Crippen LogP) is 3.78. The molecular weight excluding hydrogens is 310 g/mol. The van der Waals surface area contributed by atoms with Crippen molar-refractivity contribution in [2.24, 2.45) is 0 Å². The molecule has 0 saturated heterocycles. The zero-order valence-corrected chi connectivity index (χ0v) is 11.2. The lowest BCUT2D eigenvalue weighted by atomic mass is 10.3. The third-order valence-corrected chi connectivity index (χ3v) is 3.41. The lowest BCUT2D eigenvalue weighted by Crippen LogP contribution is -2.31. The van der Waals surface area contributed by atoms with Gasteiger partial charge in [0.05, 0.1) is 10.2 Å². The molecule has 1 aromatic carbocycles. The molecule has 1 unspecified atom stereocenters. The average Bonchev–Trinajstić information content (AvgIpc) is 2.41. The molecule has 0 aromatic heterocycles. The summed E-state index contributed by atoms with van der Waals surface area (Å²) in [5.74, 6) is 0.947. The molecule has 1 aliphatic rings. The lowest BCUT2D eigenvalue weighted by molar-refractivity contribution is 0.245. The molecule has 1 atom stereocenters. The van der Waals surface area contributed by atoms with Crippen LogP contribution < -0.4 is 9.64 Å². The number of hydrogen-bond acceptors (Lipinski definition) is 2. The number of fused-ring (bicyclic) bond motifs is 1. The molecular formula is C10H11Br2NO. The Kier molecular flexibility index (Phi) is 2.75. The Labute approximate surface area is 100 Å². The quantitative estimate of drug-likeness (QED) is 0.781. The van der Waals surface area contributed by atoms with Gasteiger partial charge >= 0.3 is 0 Å². The first-order chi connectivity index (χ1) is 6.63. The standard InChI is InChI=1S/C10H11Br2NO/c1-3-13-6(2)14-10-8(12)4-7(11)5-9(10)13/h4-6H,3H2,1-2H3. The van der Waals surface area contributed by atoms with Crippen molar-refractivity contribution in [3.63, 3.8) is 0 Å². The van der Waals surface area contributed by atoms with Crippen molar-refractivity contribution in [2.45, 2.75) is 20.1 Å². The summed E-state index contributed by atoms with van der Waals surface area (Å²) >= 11 is 6.98. The Bertz CT molecular complexity index is 367. The van der Waals surface area contributed by atoms with Crippen molar-refractivity contribution < 1.29 is 4.74 Å². The van der Waals surface area contributed by atoms with Crippen LogP contribution in [0.5, 0.6) is 5.75 Å². The van der Waals surface area contributed by atoms with Crippen molar-refractivity contribution in [2.75, 3.05) is 11.4 Å². The molecule has 2 rings (SSSR count). The number of ether oxygens (including phenoxy) is 1. The Morgan fingerprint density at radius 1 is 1.43 bits per heavy atom. The summed E-state index contributed by atoms with van der Waals surface area (Å²) in [6.45, 7) is 5.14. The topological polar surface area (TPSA) is 12.5 Å². The molecule has 0 bridgehead atoms. The summed E-state index contributed by atoms with van der Waals surface area (Å²) < 4.78 is 7.83. The highest BCUT2D eigenvalue weighted by molar-refractivity contribution is 9.11. The number of halogens is 2. The van der Waals surface area contributed by atoms with Gasteiger partial charge in [-0.2, -0.15) is 0 Å². The van der Waals surface area contributed by atoms with E-state index >= 15 is 0 Å². The fourth-order valence-corrected chi connectivity index (χ4v) is 3.03. The maximum Gasteiger partial charge on any atom is 0.169 e. The smallest absolute Gasteiger partial charge is 0.169 e. The van der Waals surface area contributed by atoms with E-state index in [0.29, 0.717) is 0 Å². The number of anilines is 1. The zero-order chi connectivity index (χ0) is 10.3. The van der Waals surface area contributed by atoms with Crippen LogP contribution in [-0.2, 0) is 0 Å². The van der Waals surface area contributed by atoms with Gasteiger partial charge in [0.2, 0.25) is 0 Å². The molecule has 76 valence electrons. The molecule has 4 heteroatoms. The second-order valence-electron chi connectivity index (χ2n) is 3.24. The Morgan fingerprint density at radius 2 is 2.14 bits per heavy atom. The maximum atomic E-state index is 5.75. The Balaban J connectivity index is 2.53. The molecule has 1 aromatic rings. The second-order valence-corrected chi connectivity index (χ2v) is 5.01. The third kappa shape index (κ3) is 1.54. The normalized spacial score (nSPS) is 19.4. The summed E-state index contributed by atoms with van der Waals surface area (Å²) in [7, 11) is 0. The number of nitrogens with zero attached hydrogens (tertiary/aromatic N) is 1. The molecule has 0 aliphatic carbocycles. The molecule has 14 heavy (non-hydrogen) atoms. The van der Waals surface area contributed by atoms with E-state index in [-0.39, 0.29) is 6.23 Å². The fraction of sp³-hybridized carbons (Fsp3) is 0.400. The first-order valence-electron chi connectivity index (χ1n) is 4.55. The molecule has 0 saturated carbocycles. The van der Waals surface area contributed by atoms with Crippen LogP contribution >= 0.6 is 31.9 Å². The van der Waals surface area contributed by atoms with Crippen LogP contribution in [0.3, 0.4) is 0 Å². The van der Waals surface area contributed by atoms with E-state index in [1.165, 1.54) is 0 Å². The van der Waals surface area contributed by atoms with Crippen LogP contribution in [-0.4, -0.2) is 12.8 Å². The summed E-state index contributed by atoms with van der Waals surface area (Å²) in [6, 6.07) is 4.10. The molecule has 1 aliphatic heterocycles. The third-order valence-electron chi connectivity index (χ3n) is 2.37. The SMILES string of the molecule is CCN1c2cc(Br)cc(Br)c2OC1C. The van der Waals surface area contributed by atoms with Crippen molar-refractivity contribution in [3.05, 3.63) is 21.1 Å². The molecule has 0 radical (unpaired) electrons. The van der Waals surface area contributed by atoms with Crippen LogP contribution in [0.4, 0.5) is 5.69 Å². The van der Waals surface area contributed by atoms with Gasteiger partial charge in [0.15, 0.2) is 12.0 Å². The lowest BCUT2D eigenvalue weighted by Gasteiger charge is -2.19. The highest BCUT2D eigenvalue weighted by Crippen LogP contribution is 2.44. The molecule has 2 nitrogen and oxygen atoms in total. The van der Waals surface area contributed by atoms with Crippen molar-refractivity contribution in [1.29, 1.82) is 0 Å². The molecule has 0 amide bonds. The van der Waals surface area contributed by atoms with Gasteiger partial charge < -0.3 is 9.64 Å². The summed E-state index contributed by atoms with van der Waals surface area (Å²) in [6.07, 6.45) is 0.126. The van der Waals surface area contributed by atoms with Gasteiger partial charge in [-0.15, -0.1) is 0 Å². The van der Waals surface area contributed by atoms with E-state index < -0.39 is 0 Å². The molecule has 0 N–H and O–H groups in total. The van der Waals surface area contributed by atoms with Crippen LogP contribution in [0.1, 0.15) is 13.8 Å². The van der Waals surface area contributed by atoms with E-state index in [1.54, 1.807) is 0 Å². The van der Waals surface area contributed by atoms with Gasteiger partial charge in [-0.05, 0) is 41.9 Å². The van der Waals surface area contributed by atoms with E-state index in [2.05, 4.69) is 56.7 Å². The summed E-state index contributed by atoms with van der Waals surface area (Å²) in [5, 5.41) is 0.